The topological polar surface area (TPSA) is 126 Å². The summed E-state index contributed by atoms with van der Waals surface area (Å²) in [6.07, 6.45) is 13.7. The van der Waals surface area contributed by atoms with Gasteiger partial charge >= 0.3 is 5.97 Å². The molecule has 3 fully saturated rings. The van der Waals surface area contributed by atoms with Crippen LogP contribution in [0.3, 0.4) is 0 Å². The maximum Gasteiger partial charge on any atom is 0.305 e. The first-order chi connectivity index (χ1) is 27.3. The normalized spacial score (nSPS) is 29.4. The van der Waals surface area contributed by atoms with Crippen molar-refractivity contribution < 1.29 is 28.2 Å². The number of para-hydroxylation sites is 1. The molecular weight excluding hydrogens is 733 g/mol. The second-order valence-electron chi connectivity index (χ2n) is 18.3. The summed E-state index contributed by atoms with van der Waals surface area (Å²) in [6, 6.07) is 23.1. The predicted molar refractivity (Wildman–Crippen MR) is 224 cm³/mol. The summed E-state index contributed by atoms with van der Waals surface area (Å²) >= 11 is 0. The first kappa shape index (κ1) is 39.6. The highest BCUT2D eigenvalue weighted by molar-refractivity contribution is 7.90. The van der Waals surface area contributed by atoms with Crippen LogP contribution in [0.1, 0.15) is 97.0 Å². The molecule has 3 aromatic carbocycles. The molecule has 4 aliphatic carbocycles. The van der Waals surface area contributed by atoms with Crippen LogP contribution in [0.5, 0.6) is 0 Å². The van der Waals surface area contributed by atoms with Gasteiger partial charge in [-0.2, -0.15) is 0 Å². The highest BCUT2D eigenvalue weighted by atomic mass is 32.2. The Labute approximate surface area is 337 Å². The number of nitrogens with zero attached hydrogens (tertiary/aromatic N) is 1. The number of carboxylic acid groups (broad SMARTS) is 1. The summed E-state index contributed by atoms with van der Waals surface area (Å²) in [5.74, 6) is 1.77. The lowest BCUT2D eigenvalue weighted by molar-refractivity contribution is -0.137. The van der Waals surface area contributed by atoms with Gasteiger partial charge in [-0.05, 0) is 140 Å². The van der Waals surface area contributed by atoms with E-state index in [1.807, 2.05) is 48.5 Å². The minimum atomic E-state index is -4.01. The lowest BCUT2D eigenvalue weighted by atomic mass is 9.47. The highest BCUT2D eigenvalue weighted by Gasteiger charge is 2.59. The number of aliphatic hydroxyl groups excluding tert-OH is 1. The Hall–Kier alpha value is -4.21. The average molecular weight is 791 g/mol. The third kappa shape index (κ3) is 7.39. The van der Waals surface area contributed by atoms with Crippen LogP contribution in [0.2, 0.25) is 0 Å². The van der Waals surface area contributed by atoms with Gasteiger partial charge in [-0.3, -0.25) is 9.59 Å². The SMILES string of the molecule is C[C@H](CCC(=O)N[C@H](CC(=O)O)Cc1cn(S(=O)(=O)c2cccc(-c3ccccc3)c2)c2ccccc12)[C@H]1CC[C@H]2[C@@H]3CC=C4C[C@@H](O)CC[C@]4(C)[C@H]3CC[C@]12C. The van der Waals surface area contributed by atoms with Crippen LogP contribution in [0.4, 0.5) is 0 Å². The first-order valence-corrected chi connectivity index (χ1v) is 22.6. The van der Waals surface area contributed by atoms with Gasteiger partial charge in [0.2, 0.25) is 5.91 Å². The lowest BCUT2D eigenvalue weighted by Crippen LogP contribution is -2.50. The van der Waals surface area contributed by atoms with E-state index in [9.17, 15) is 28.2 Å². The van der Waals surface area contributed by atoms with E-state index in [-0.39, 0.29) is 40.6 Å². The van der Waals surface area contributed by atoms with Crippen molar-refractivity contribution in [3.05, 3.63) is 102 Å². The Morgan fingerprint density at radius 3 is 2.46 bits per heavy atom. The van der Waals surface area contributed by atoms with Crippen LogP contribution in [0, 0.1) is 40.4 Å². The van der Waals surface area contributed by atoms with Crippen molar-refractivity contribution >= 4 is 32.8 Å². The maximum absolute atomic E-state index is 14.2. The molecule has 9 atom stereocenters. The summed E-state index contributed by atoms with van der Waals surface area (Å²) in [5.41, 5.74) is 4.83. The standard InChI is InChI=1S/C48H58N2O6S/c1-31(41-19-20-42-40-18-17-35-28-37(51)22-24-47(35,2)43(40)23-25-48(41,42)3)16-21-45(52)49-36(29-46(53)54)26-34-30-50(44-15-8-7-14-39(34)44)57(55,56)38-13-9-12-33(27-38)32-10-5-4-6-11-32/h4-15,17,27,30-31,36-37,40-43,51H,16,18-26,28-29H2,1-3H3,(H,49,52)(H,53,54)/t31-,36+,37+,40+,41-,42+,43+,47+,48-/m1/s1. The Morgan fingerprint density at radius 2 is 1.67 bits per heavy atom. The minimum Gasteiger partial charge on any atom is -0.481 e. The number of hydrogen-bond acceptors (Lipinski definition) is 5. The number of benzene rings is 3. The number of carbonyl (C=O) groups is 2. The molecule has 1 amide bonds. The van der Waals surface area contributed by atoms with Crippen molar-refractivity contribution in [3.63, 3.8) is 0 Å². The number of amides is 1. The molecule has 0 bridgehead atoms. The zero-order valence-corrected chi connectivity index (χ0v) is 34.4. The number of aliphatic hydroxyl groups is 1. The van der Waals surface area contributed by atoms with E-state index in [1.165, 1.54) is 35.2 Å². The number of fused-ring (bicyclic) bond motifs is 6. The second kappa shape index (κ2) is 15.5. The smallest absolute Gasteiger partial charge is 0.305 e. The molecule has 0 saturated heterocycles. The summed E-state index contributed by atoms with van der Waals surface area (Å²) in [4.78, 5) is 25.9. The summed E-state index contributed by atoms with van der Waals surface area (Å²) in [5, 5.41) is 24.1. The third-order valence-electron chi connectivity index (χ3n) is 15.2. The number of allylic oxidation sites excluding steroid dienone is 1. The number of aromatic nitrogens is 1. The van der Waals surface area contributed by atoms with E-state index in [1.54, 1.807) is 36.5 Å². The zero-order valence-electron chi connectivity index (χ0n) is 33.6. The number of hydrogen-bond donors (Lipinski definition) is 3. The van der Waals surface area contributed by atoms with E-state index < -0.39 is 22.0 Å². The number of rotatable bonds is 12. The maximum atomic E-state index is 14.2. The van der Waals surface area contributed by atoms with Crippen molar-refractivity contribution in [1.82, 2.24) is 9.29 Å². The van der Waals surface area contributed by atoms with Gasteiger partial charge in [0.1, 0.15) is 0 Å². The number of aliphatic carboxylic acids is 1. The molecule has 1 heterocycles. The predicted octanol–water partition coefficient (Wildman–Crippen LogP) is 9.40. The van der Waals surface area contributed by atoms with Crippen LogP contribution in [0.15, 0.2) is 102 Å². The van der Waals surface area contributed by atoms with Crippen molar-refractivity contribution in [1.29, 1.82) is 0 Å². The fraction of sp³-hybridized carbons (Fsp3) is 0.500. The highest BCUT2D eigenvalue weighted by Crippen LogP contribution is 2.67. The average Bonchev–Trinajstić information content (AvgIpc) is 3.75. The van der Waals surface area contributed by atoms with Gasteiger partial charge in [0.25, 0.3) is 10.0 Å². The van der Waals surface area contributed by atoms with Gasteiger partial charge in [-0.1, -0.05) is 93.1 Å². The van der Waals surface area contributed by atoms with Crippen LogP contribution in [0.25, 0.3) is 22.0 Å². The molecule has 302 valence electrons. The minimum absolute atomic E-state index is 0.153. The molecule has 3 N–H and O–H groups in total. The first-order valence-electron chi connectivity index (χ1n) is 21.2. The van der Waals surface area contributed by atoms with Gasteiger partial charge in [0, 0.05) is 24.0 Å². The van der Waals surface area contributed by atoms with Gasteiger partial charge in [0.15, 0.2) is 0 Å². The molecule has 0 radical (unpaired) electrons. The van der Waals surface area contributed by atoms with Crippen LogP contribution < -0.4 is 5.32 Å². The molecule has 1 aromatic heterocycles. The van der Waals surface area contributed by atoms with E-state index in [2.05, 4.69) is 32.2 Å². The van der Waals surface area contributed by atoms with E-state index in [0.717, 1.165) is 43.2 Å². The zero-order chi connectivity index (χ0) is 40.1. The second-order valence-corrected chi connectivity index (χ2v) is 20.1. The molecule has 57 heavy (non-hydrogen) atoms. The Morgan fingerprint density at radius 1 is 0.912 bits per heavy atom. The molecular formula is C48H58N2O6S. The summed E-state index contributed by atoms with van der Waals surface area (Å²) in [6.45, 7) is 7.30. The molecule has 4 aromatic rings. The third-order valence-corrected chi connectivity index (χ3v) is 16.8. The van der Waals surface area contributed by atoms with Gasteiger partial charge in [-0.15, -0.1) is 0 Å². The van der Waals surface area contributed by atoms with Crippen molar-refractivity contribution in [2.75, 3.05) is 0 Å². The molecule has 3 saturated carbocycles. The molecule has 8 rings (SSSR count). The fourth-order valence-electron chi connectivity index (χ4n) is 12.3. The van der Waals surface area contributed by atoms with Crippen LogP contribution in [-0.4, -0.2) is 46.6 Å². The van der Waals surface area contributed by atoms with E-state index in [0.29, 0.717) is 52.5 Å². The van der Waals surface area contributed by atoms with Gasteiger partial charge < -0.3 is 15.5 Å². The van der Waals surface area contributed by atoms with Crippen LogP contribution in [-0.2, 0) is 26.0 Å². The lowest BCUT2D eigenvalue weighted by Gasteiger charge is -2.58. The number of nitrogens with one attached hydrogen (secondary N) is 1. The molecule has 4 aliphatic rings. The number of carboxylic acids is 1. The summed E-state index contributed by atoms with van der Waals surface area (Å²) in [7, 11) is -4.01. The van der Waals surface area contributed by atoms with Gasteiger partial charge in [-0.25, -0.2) is 12.4 Å². The molecule has 8 nitrogen and oxygen atoms in total. The Kier molecular flexibility index (Phi) is 10.8. The molecule has 0 aliphatic heterocycles. The van der Waals surface area contributed by atoms with E-state index >= 15 is 0 Å². The molecule has 9 heteroatoms. The molecule has 0 spiro atoms. The van der Waals surface area contributed by atoms with Crippen LogP contribution >= 0.6 is 0 Å². The van der Waals surface area contributed by atoms with E-state index in [4.69, 9.17) is 0 Å². The van der Waals surface area contributed by atoms with Crippen molar-refractivity contribution in [3.8, 4) is 11.1 Å². The monoisotopic (exact) mass is 790 g/mol. The molecule has 0 unspecified atom stereocenters. The Balaban J connectivity index is 0.946. The van der Waals surface area contributed by atoms with Crippen molar-refractivity contribution in [2.45, 2.75) is 115 Å². The largest absolute Gasteiger partial charge is 0.481 e. The Bertz CT molecular complexity index is 2280. The van der Waals surface area contributed by atoms with Crippen molar-refractivity contribution in [2.24, 2.45) is 40.4 Å². The summed E-state index contributed by atoms with van der Waals surface area (Å²) < 4.78 is 29.7. The fourth-order valence-corrected chi connectivity index (χ4v) is 13.7. The quantitative estimate of drug-likeness (QED) is 0.123. The number of carbonyl (C=O) groups excluding carboxylic acids is 1. The van der Waals surface area contributed by atoms with Gasteiger partial charge in [0.05, 0.1) is 22.9 Å².